The lowest BCUT2D eigenvalue weighted by Crippen LogP contribution is -2.39. The van der Waals surface area contributed by atoms with E-state index in [-0.39, 0.29) is 12.5 Å². The summed E-state index contributed by atoms with van der Waals surface area (Å²) in [5.74, 6) is -0.0682. The Kier molecular flexibility index (Phi) is 4.50. The molecule has 1 amide bonds. The van der Waals surface area contributed by atoms with E-state index < -0.39 is 12.2 Å². The molecule has 5 heteroatoms. The predicted molar refractivity (Wildman–Crippen MR) is 55.7 cm³/mol. The molecular formula is C10H18N2O3. The zero-order valence-corrected chi connectivity index (χ0v) is 8.80. The summed E-state index contributed by atoms with van der Waals surface area (Å²) in [7, 11) is 0. The Morgan fingerprint density at radius 3 is 2.13 bits per heavy atom. The van der Waals surface area contributed by atoms with E-state index >= 15 is 0 Å². The van der Waals surface area contributed by atoms with E-state index in [0.717, 1.165) is 0 Å². The average Bonchev–Trinajstić information content (AvgIpc) is 2.47. The number of carbonyl (C=O) groups excluding carboxylic acids is 1. The fourth-order valence-corrected chi connectivity index (χ4v) is 1.63. The molecule has 1 heterocycles. The molecule has 1 saturated heterocycles. The van der Waals surface area contributed by atoms with Crippen molar-refractivity contribution in [2.24, 2.45) is 0 Å². The SMILES string of the molecule is [CH2]CN(C[CH2])C(=O)CN1C[C@@H](O)[C@H](O)C1. The van der Waals surface area contributed by atoms with Crippen molar-refractivity contribution < 1.29 is 15.0 Å². The number of hydrogen-bond acceptors (Lipinski definition) is 4. The van der Waals surface area contributed by atoms with Crippen LogP contribution in [0, 0.1) is 13.8 Å². The number of rotatable bonds is 4. The molecule has 5 nitrogen and oxygen atoms in total. The molecule has 2 N–H and O–H groups in total. The Morgan fingerprint density at radius 1 is 1.27 bits per heavy atom. The third-order valence-corrected chi connectivity index (χ3v) is 2.59. The van der Waals surface area contributed by atoms with Gasteiger partial charge in [0.2, 0.25) is 5.91 Å². The third-order valence-electron chi connectivity index (χ3n) is 2.59. The summed E-state index contributed by atoms with van der Waals surface area (Å²) in [5.41, 5.74) is 0. The van der Waals surface area contributed by atoms with Crippen LogP contribution < -0.4 is 0 Å². The lowest BCUT2D eigenvalue weighted by molar-refractivity contribution is -0.131. The van der Waals surface area contributed by atoms with Crippen LogP contribution in [0.5, 0.6) is 0 Å². The molecule has 0 spiro atoms. The minimum Gasteiger partial charge on any atom is -0.389 e. The highest BCUT2D eigenvalue weighted by molar-refractivity contribution is 5.78. The second kappa shape index (κ2) is 5.44. The highest BCUT2D eigenvalue weighted by Gasteiger charge is 2.30. The minimum absolute atomic E-state index is 0.0682. The van der Waals surface area contributed by atoms with Crippen LogP contribution in [0.1, 0.15) is 0 Å². The molecule has 0 aliphatic carbocycles. The number of aliphatic hydroxyl groups excluding tert-OH is 2. The summed E-state index contributed by atoms with van der Waals surface area (Å²) >= 11 is 0. The Hall–Kier alpha value is -0.650. The average molecular weight is 214 g/mol. The molecule has 15 heavy (non-hydrogen) atoms. The van der Waals surface area contributed by atoms with Crippen LogP contribution in [-0.4, -0.2) is 70.9 Å². The number of nitrogens with zero attached hydrogens (tertiary/aromatic N) is 2. The van der Waals surface area contributed by atoms with E-state index in [0.29, 0.717) is 26.2 Å². The number of amides is 1. The Labute approximate surface area is 90.3 Å². The number of aliphatic hydroxyl groups is 2. The zero-order chi connectivity index (χ0) is 11.4. The molecule has 1 fully saturated rings. The zero-order valence-electron chi connectivity index (χ0n) is 8.80. The first-order chi connectivity index (χ1) is 7.08. The van der Waals surface area contributed by atoms with Crippen molar-refractivity contribution in [1.82, 2.24) is 9.80 Å². The first-order valence-electron chi connectivity index (χ1n) is 5.03. The lowest BCUT2D eigenvalue weighted by Gasteiger charge is -2.22. The van der Waals surface area contributed by atoms with Gasteiger partial charge in [0.1, 0.15) is 0 Å². The summed E-state index contributed by atoms with van der Waals surface area (Å²) in [4.78, 5) is 14.9. The van der Waals surface area contributed by atoms with Crippen molar-refractivity contribution in [3.8, 4) is 0 Å². The fourth-order valence-electron chi connectivity index (χ4n) is 1.63. The smallest absolute Gasteiger partial charge is 0.236 e. The molecule has 0 aromatic rings. The number of hydrogen-bond donors (Lipinski definition) is 2. The molecule has 0 aromatic heterocycles. The van der Waals surface area contributed by atoms with Gasteiger partial charge in [-0.2, -0.15) is 0 Å². The molecule has 1 aliphatic heterocycles. The molecule has 2 atom stereocenters. The van der Waals surface area contributed by atoms with Crippen molar-refractivity contribution in [2.75, 3.05) is 32.7 Å². The maximum atomic E-state index is 11.6. The first-order valence-corrected chi connectivity index (χ1v) is 5.03. The lowest BCUT2D eigenvalue weighted by atomic mass is 10.3. The highest BCUT2D eigenvalue weighted by atomic mass is 16.3. The largest absolute Gasteiger partial charge is 0.389 e. The normalized spacial score (nSPS) is 26.9. The van der Waals surface area contributed by atoms with Crippen LogP contribution in [0.3, 0.4) is 0 Å². The molecule has 1 aliphatic rings. The van der Waals surface area contributed by atoms with Crippen LogP contribution in [0.2, 0.25) is 0 Å². The molecule has 0 saturated carbocycles. The van der Waals surface area contributed by atoms with Gasteiger partial charge in [0, 0.05) is 26.2 Å². The van der Waals surface area contributed by atoms with E-state index in [2.05, 4.69) is 13.8 Å². The van der Waals surface area contributed by atoms with E-state index in [4.69, 9.17) is 0 Å². The summed E-state index contributed by atoms with van der Waals surface area (Å²) in [6.45, 7) is 8.93. The van der Waals surface area contributed by atoms with Gasteiger partial charge in [-0.25, -0.2) is 0 Å². The molecule has 1 rings (SSSR count). The van der Waals surface area contributed by atoms with Crippen LogP contribution in [0.4, 0.5) is 0 Å². The van der Waals surface area contributed by atoms with Gasteiger partial charge in [-0.1, -0.05) is 0 Å². The number of likely N-dealkylation sites (tertiary alicyclic amines) is 1. The molecule has 0 bridgehead atoms. The molecule has 86 valence electrons. The van der Waals surface area contributed by atoms with Gasteiger partial charge in [0.15, 0.2) is 0 Å². The highest BCUT2D eigenvalue weighted by Crippen LogP contribution is 2.09. The van der Waals surface area contributed by atoms with Gasteiger partial charge < -0.3 is 15.1 Å². The van der Waals surface area contributed by atoms with Crippen molar-refractivity contribution in [2.45, 2.75) is 12.2 Å². The Morgan fingerprint density at radius 2 is 1.73 bits per heavy atom. The van der Waals surface area contributed by atoms with E-state index in [1.165, 1.54) is 4.90 Å². The molecule has 2 radical (unpaired) electrons. The number of carbonyl (C=O) groups is 1. The molecular weight excluding hydrogens is 196 g/mol. The van der Waals surface area contributed by atoms with Gasteiger partial charge >= 0.3 is 0 Å². The molecule has 0 unspecified atom stereocenters. The Balaban J connectivity index is 2.39. The quantitative estimate of drug-likeness (QED) is 0.599. The van der Waals surface area contributed by atoms with Crippen molar-refractivity contribution in [3.63, 3.8) is 0 Å². The molecule has 0 aromatic carbocycles. The van der Waals surface area contributed by atoms with Crippen LogP contribution in [-0.2, 0) is 4.79 Å². The van der Waals surface area contributed by atoms with Crippen molar-refractivity contribution >= 4 is 5.91 Å². The van der Waals surface area contributed by atoms with E-state index in [9.17, 15) is 15.0 Å². The minimum atomic E-state index is -0.745. The van der Waals surface area contributed by atoms with Crippen LogP contribution in [0.25, 0.3) is 0 Å². The second-order valence-electron chi connectivity index (χ2n) is 3.71. The summed E-state index contributed by atoms with van der Waals surface area (Å²) in [6.07, 6.45) is -1.49. The number of β-amino-alcohol motifs (C(OH)–C–C–N with tert-alkyl or cyclic N) is 2. The standard InChI is InChI=1S/C10H18N2O3/c1-3-12(4-2)10(15)7-11-5-8(13)9(14)6-11/h8-9,13-14H,1-7H2/t8-,9-/m1/s1. The van der Waals surface area contributed by atoms with Gasteiger partial charge in [-0.15, -0.1) is 0 Å². The van der Waals surface area contributed by atoms with E-state index in [1.54, 1.807) is 4.90 Å². The maximum absolute atomic E-state index is 11.6. The summed E-state index contributed by atoms with van der Waals surface area (Å²) in [5, 5.41) is 18.6. The van der Waals surface area contributed by atoms with Gasteiger partial charge in [0.05, 0.1) is 18.8 Å². The van der Waals surface area contributed by atoms with Crippen molar-refractivity contribution in [3.05, 3.63) is 13.8 Å². The second-order valence-corrected chi connectivity index (χ2v) is 3.71. The van der Waals surface area contributed by atoms with Crippen molar-refractivity contribution in [1.29, 1.82) is 0 Å². The third kappa shape index (κ3) is 3.15. The van der Waals surface area contributed by atoms with Crippen LogP contribution in [0.15, 0.2) is 0 Å². The van der Waals surface area contributed by atoms with E-state index in [1.807, 2.05) is 0 Å². The summed E-state index contributed by atoms with van der Waals surface area (Å²) < 4.78 is 0. The monoisotopic (exact) mass is 214 g/mol. The fraction of sp³-hybridized carbons (Fsp3) is 0.700. The first kappa shape index (κ1) is 12.4. The topological polar surface area (TPSA) is 64.0 Å². The van der Waals surface area contributed by atoms with Gasteiger partial charge in [0.25, 0.3) is 0 Å². The predicted octanol–water partition coefficient (Wildman–Crippen LogP) is -1.48. The van der Waals surface area contributed by atoms with Crippen LogP contribution >= 0.6 is 0 Å². The summed E-state index contributed by atoms with van der Waals surface area (Å²) in [6, 6.07) is 0. The Bertz CT molecular complexity index is 209. The van der Waals surface area contributed by atoms with Gasteiger partial charge in [-0.05, 0) is 13.8 Å². The maximum Gasteiger partial charge on any atom is 0.236 e. The van der Waals surface area contributed by atoms with Gasteiger partial charge in [-0.3, -0.25) is 9.69 Å².